The van der Waals surface area contributed by atoms with E-state index in [1.54, 1.807) is 25.1 Å². The van der Waals surface area contributed by atoms with Crippen LogP contribution in [0, 0.1) is 0 Å². The van der Waals surface area contributed by atoms with Crippen molar-refractivity contribution in [1.82, 2.24) is 5.32 Å². The molecule has 1 aromatic carbocycles. The number of esters is 1. The SMILES string of the molecule is COC(=O)CCNC(=O)C(C)Sc1cc(Cl)ccc1Cl. The van der Waals surface area contributed by atoms with E-state index in [0.29, 0.717) is 10.0 Å². The van der Waals surface area contributed by atoms with Gasteiger partial charge in [0, 0.05) is 16.5 Å². The van der Waals surface area contributed by atoms with E-state index in [9.17, 15) is 9.59 Å². The molecule has 0 aromatic heterocycles. The van der Waals surface area contributed by atoms with Crippen molar-refractivity contribution < 1.29 is 14.3 Å². The monoisotopic (exact) mass is 335 g/mol. The van der Waals surface area contributed by atoms with Crippen molar-refractivity contribution in [3.05, 3.63) is 28.2 Å². The molecule has 0 aliphatic rings. The maximum atomic E-state index is 11.9. The van der Waals surface area contributed by atoms with Gasteiger partial charge in [0.05, 0.1) is 23.8 Å². The third-order valence-corrected chi connectivity index (χ3v) is 4.26. The van der Waals surface area contributed by atoms with Crippen molar-refractivity contribution in [3.63, 3.8) is 0 Å². The first kappa shape index (κ1) is 17.1. The molecule has 0 saturated heterocycles. The highest BCUT2D eigenvalue weighted by atomic mass is 35.5. The predicted molar refractivity (Wildman–Crippen MR) is 81.4 cm³/mol. The van der Waals surface area contributed by atoms with Gasteiger partial charge in [-0.2, -0.15) is 0 Å². The minimum absolute atomic E-state index is 0.150. The molecule has 0 saturated carbocycles. The molecular formula is C13H15Cl2NO3S. The average molecular weight is 336 g/mol. The average Bonchev–Trinajstić information content (AvgIpc) is 2.42. The Balaban J connectivity index is 2.49. The third kappa shape index (κ3) is 5.61. The Kier molecular flexibility index (Phi) is 7.19. The summed E-state index contributed by atoms with van der Waals surface area (Å²) in [7, 11) is 1.31. The van der Waals surface area contributed by atoms with Crippen LogP contribution in [0.25, 0.3) is 0 Å². The number of ether oxygens (including phenoxy) is 1. The number of benzene rings is 1. The Morgan fingerprint density at radius 3 is 2.75 bits per heavy atom. The van der Waals surface area contributed by atoms with Gasteiger partial charge in [-0.15, -0.1) is 11.8 Å². The Bertz CT molecular complexity index is 497. The second kappa shape index (κ2) is 8.39. The summed E-state index contributed by atoms with van der Waals surface area (Å²) in [5.41, 5.74) is 0. The van der Waals surface area contributed by atoms with E-state index in [1.807, 2.05) is 0 Å². The van der Waals surface area contributed by atoms with Gasteiger partial charge in [-0.05, 0) is 25.1 Å². The first-order valence-corrected chi connectivity index (χ1v) is 7.54. The number of methoxy groups -OCH3 is 1. The number of rotatable bonds is 6. The van der Waals surface area contributed by atoms with Crippen LogP contribution in [0.5, 0.6) is 0 Å². The van der Waals surface area contributed by atoms with Crippen LogP contribution in [0.4, 0.5) is 0 Å². The number of hydrogen-bond acceptors (Lipinski definition) is 4. The number of amides is 1. The van der Waals surface area contributed by atoms with Crippen LogP contribution in [0.3, 0.4) is 0 Å². The first-order chi connectivity index (χ1) is 9.43. The summed E-state index contributed by atoms with van der Waals surface area (Å²) in [5.74, 6) is -0.529. The first-order valence-electron chi connectivity index (χ1n) is 5.90. The fourth-order valence-electron chi connectivity index (χ4n) is 1.35. The standard InChI is InChI=1S/C13H15Cl2NO3S/c1-8(13(18)16-6-5-12(17)19-2)20-11-7-9(14)3-4-10(11)15/h3-4,7-8H,5-6H2,1-2H3,(H,16,18). The molecule has 20 heavy (non-hydrogen) atoms. The van der Waals surface area contributed by atoms with Gasteiger partial charge in [-0.25, -0.2) is 0 Å². The smallest absolute Gasteiger partial charge is 0.307 e. The minimum Gasteiger partial charge on any atom is -0.469 e. The zero-order valence-electron chi connectivity index (χ0n) is 11.1. The molecule has 1 rings (SSSR count). The lowest BCUT2D eigenvalue weighted by Gasteiger charge is -2.12. The zero-order chi connectivity index (χ0) is 15.1. The quantitative estimate of drug-likeness (QED) is 0.640. The van der Waals surface area contributed by atoms with Gasteiger partial charge in [0.25, 0.3) is 0 Å². The Labute approximate surface area is 132 Å². The molecule has 1 amide bonds. The molecule has 0 aliphatic carbocycles. The summed E-state index contributed by atoms with van der Waals surface area (Å²) in [6.07, 6.45) is 0.150. The summed E-state index contributed by atoms with van der Waals surface area (Å²) in [6.45, 7) is 2.01. The summed E-state index contributed by atoms with van der Waals surface area (Å²) in [6, 6.07) is 5.09. The molecule has 1 aromatic rings. The van der Waals surface area contributed by atoms with Crippen LogP contribution in [0.2, 0.25) is 10.0 Å². The number of nitrogens with one attached hydrogen (secondary N) is 1. The van der Waals surface area contributed by atoms with Crippen molar-refractivity contribution in [2.24, 2.45) is 0 Å². The lowest BCUT2D eigenvalue weighted by molar-refractivity contribution is -0.140. The van der Waals surface area contributed by atoms with Crippen molar-refractivity contribution in [2.45, 2.75) is 23.5 Å². The van der Waals surface area contributed by atoms with E-state index in [2.05, 4.69) is 10.1 Å². The van der Waals surface area contributed by atoms with Crippen LogP contribution < -0.4 is 5.32 Å². The maximum Gasteiger partial charge on any atom is 0.307 e. The second-order valence-electron chi connectivity index (χ2n) is 3.95. The highest BCUT2D eigenvalue weighted by molar-refractivity contribution is 8.00. The Morgan fingerprint density at radius 1 is 1.40 bits per heavy atom. The van der Waals surface area contributed by atoms with Crippen molar-refractivity contribution >= 4 is 46.8 Å². The molecule has 7 heteroatoms. The molecule has 110 valence electrons. The van der Waals surface area contributed by atoms with Gasteiger partial charge in [-0.1, -0.05) is 23.2 Å². The van der Waals surface area contributed by atoms with Crippen LogP contribution in [0.15, 0.2) is 23.1 Å². The number of thioether (sulfide) groups is 1. The lowest BCUT2D eigenvalue weighted by atomic mass is 10.4. The van der Waals surface area contributed by atoms with E-state index >= 15 is 0 Å². The Hall–Kier alpha value is -0.910. The number of carbonyl (C=O) groups excluding carboxylic acids is 2. The summed E-state index contributed by atoms with van der Waals surface area (Å²) < 4.78 is 4.49. The second-order valence-corrected chi connectivity index (χ2v) is 6.18. The van der Waals surface area contributed by atoms with Crippen molar-refractivity contribution in [1.29, 1.82) is 0 Å². The number of carbonyl (C=O) groups is 2. The van der Waals surface area contributed by atoms with Gasteiger partial charge in [-0.3, -0.25) is 9.59 Å². The molecular weight excluding hydrogens is 321 g/mol. The van der Waals surface area contributed by atoms with Gasteiger partial charge < -0.3 is 10.1 Å². The van der Waals surface area contributed by atoms with E-state index in [1.165, 1.54) is 18.9 Å². The maximum absolute atomic E-state index is 11.9. The molecule has 0 fully saturated rings. The normalized spacial score (nSPS) is 11.8. The minimum atomic E-state index is -0.358. The fraction of sp³-hybridized carbons (Fsp3) is 0.385. The van der Waals surface area contributed by atoms with Crippen LogP contribution >= 0.6 is 35.0 Å². The molecule has 0 spiro atoms. The molecule has 4 nitrogen and oxygen atoms in total. The molecule has 1 unspecified atom stereocenters. The largest absolute Gasteiger partial charge is 0.469 e. The third-order valence-electron chi connectivity index (χ3n) is 2.42. The van der Waals surface area contributed by atoms with E-state index < -0.39 is 0 Å². The summed E-state index contributed by atoms with van der Waals surface area (Å²) in [5, 5.41) is 3.44. The van der Waals surface area contributed by atoms with Gasteiger partial charge in [0.1, 0.15) is 0 Å². The molecule has 1 atom stereocenters. The molecule has 0 aliphatic heterocycles. The number of hydrogen-bond donors (Lipinski definition) is 1. The molecule has 0 bridgehead atoms. The predicted octanol–water partition coefficient (Wildman–Crippen LogP) is 3.15. The van der Waals surface area contributed by atoms with E-state index in [0.717, 1.165) is 4.90 Å². The molecule has 1 N–H and O–H groups in total. The van der Waals surface area contributed by atoms with Crippen molar-refractivity contribution in [3.8, 4) is 0 Å². The van der Waals surface area contributed by atoms with Crippen molar-refractivity contribution in [2.75, 3.05) is 13.7 Å². The van der Waals surface area contributed by atoms with Gasteiger partial charge in [0.15, 0.2) is 0 Å². The highest BCUT2D eigenvalue weighted by Crippen LogP contribution is 2.32. The van der Waals surface area contributed by atoms with Crippen LogP contribution in [0.1, 0.15) is 13.3 Å². The van der Waals surface area contributed by atoms with Gasteiger partial charge >= 0.3 is 5.97 Å². The molecule has 0 heterocycles. The highest BCUT2D eigenvalue weighted by Gasteiger charge is 2.16. The lowest BCUT2D eigenvalue weighted by Crippen LogP contribution is -2.32. The van der Waals surface area contributed by atoms with Crippen LogP contribution in [-0.4, -0.2) is 30.8 Å². The van der Waals surface area contributed by atoms with Crippen LogP contribution in [-0.2, 0) is 14.3 Å². The van der Waals surface area contributed by atoms with E-state index in [-0.39, 0.29) is 30.1 Å². The zero-order valence-corrected chi connectivity index (χ0v) is 13.4. The van der Waals surface area contributed by atoms with Gasteiger partial charge in [0.2, 0.25) is 5.91 Å². The summed E-state index contributed by atoms with van der Waals surface area (Å²) >= 11 is 13.2. The Morgan fingerprint density at radius 2 is 2.10 bits per heavy atom. The fourth-order valence-corrected chi connectivity index (χ4v) is 2.78. The van der Waals surface area contributed by atoms with E-state index in [4.69, 9.17) is 23.2 Å². The topological polar surface area (TPSA) is 55.4 Å². The summed E-state index contributed by atoms with van der Waals surface area (Å²) in [4.78, 5) is 23.5. The molecule has 0 radical (unpaired) electrons. The number of halogens is 2.